The third kappa shape index (κ3) is 2.72. The fourth-order valence-electron chi connectivity index (χ4n) is 3.88. The number of hydrogen-bond donors (Lipinski definition) is 1. The molecule has 1 aliphatic heterocycles. The Hall–Kier alpha value is -2.29. The molecule has 0 spiro atoms. The van der Waals surface area contributed by atoms with Crippen molar-refractivity contribution in [3.8, 4) is 0 Å². The van der Waals surface area contributed by atoms with E-state index in [-0.39, 0.29) is 5.91 Å². The largest absolute Gasteiger partial charge is 0.359 e. The Balaban J connectivity index is 1.46. The molecule has 4 rings (SSSR count). The highest BCUT2D eigenvalue weighted by atomic mass is 16.2. The quantitative estimate of drug-likeness (QED) is 0.940. The van der Waals surface area contributed by atoms with Crippen LogP contribution in [0.2, 0.25) is 0 Å². The summed E-state index contributed by atoms with van der Waals surface area (Å²) in [5.74, 6) is 0.0616. The molecule has 23 heavy (non-hydrogen) atoms. The van der Waals surface area contributed by atoms with Crippen molar-refractivity contribution in [2.24, 2.45) is 0 Å². The number of anilines is 2. The van der Waals surface area contributed by atoms with E-state index in [1.54, 1.807) is 0 Å². The maximum absolute atomic E-state index is 12.5. The van der Waals surface area contributed by atoms with Gasteiger partial charge >= 0.3 is 0 Å². The molecule has 3 heteroatoms. The number of para-hydroxylation sites is 1. The fraction of sp³-hybridized carbons (Fsp3) is 0.350. The van der Waals surface area contributed by atoms with E-state index in [0.717, 1.165) is 18.5 Å². The minimum Gasteiger partial charge on any atom is -0.359 e. The highest BCUT2D eigenvalue weighted by molar-refractivity contribution is 5.94. The van der Waals surface area contributed by atoms with Gasteiger partial charge in [-0.05, 0) is 67.5 Å². The standard InChI is InChI=1S/C20H22N2O/c1-14-11-17-5-2-3-8-19(17)22(14)13-20(23)21-18-10-9-15-6-4-7-16(15)12-18/h2-3,5,8-10,12,14H,4,6-7,11,13H2,1H3,(H,21,23). The van der Waals surface area contributed by atoms with Crippen molar-refractivity contribution in [1.29, 1.82) is 0 Å². The van der Waals surface area contributed by atoms with Crippen LogP contribution in [-0.2, 0) is 24.1 Å². The first kappa shape index (κ1) is 14.3. The second-order valence-corrected chi connectivity index (χ2v) is 6.69. The average Bonchev–Trinajstić information content (AvgIpc) is 3.12. The molecule has 0 saturated carbocycles. The molecule has 0 saturated heterocycles. The minimum atomic E-state index is 0.0616. The maximum atomic E-state index is 12.5. The average molecular weight is 306 g/mol. The second kappa shape index (κ2) is 5.73. The Bertz CT molecular complexity index is 753. The van der Waals surface area contributed by atoms with Crippen molar-refractivity contribution in [3.63, 3.8) is 0 Å². The van der Waals surface area contributed by atoms with Crippen molar-refractivity contribution in [2.45, 2.75) is 38.6 Å². The topological polar surface area (TPSA) is 32.3 Å². The first-order valence-electron chi connectivity index (χ1n) is 8.47. The molecule has 0 radical (unpaired) electrons. The molecular weight excluding hydrogens is 284 g/mol. The first-order chi connectivity index (χ1) is 11.2. The molecule has 1 atom stereocenters. The lowest BCUT2D eigenvalue weighted by atomic mass is 10.1. The van der Waals surface area contributed by atoms with Crippen LogP contribution in [0, 0.1) is 0 Å². The van der Waals surface area contributed by atoms with Crippen LogP contribution in [0.4, 0.5) is 11.4 Å². The Morgan fingerprint density at radius 3 is 2.87 bits per heavy atom. The van der Waals surface area contributed by atoms with Gasteiger partial charge in [0, 0.05) is 17.4 Å². The Morgan fingerprint density at radius 1 is 1.13 bits per heavy atom. The summed E-state index contributed by atoms with van der Waals surface area (Å²) in [6, 6.07) is 15.1. The van der Waals surface area contributed by atoms with Crippen LogP contribution in [0.3, 0.4) is 0 Å². The number of aryl methyl sites for hydroxylation is 2. The zero-order valence-electron chi connectivity index (χ0n) is 13.5. The van der Waals surface area contributed by atoms with Gasteiger partial charge in [-0.15, -0.1) is 0 Å². The lowest BCUT2D eigenvalue weighted by Gasteiger charge is -2.24. The first-order valence-corrected chi connectivity index (χ1v) is 8.47. The monoisotopic (exact) mass is 306 g/mol. The fourth-order valence-corrected chi connectivity index (χ4v) is 3.88. The van der Waals surface area contributed by atoms with E-state index in [0.29, 0.717) is 12.6 Å². The predicted octanol–water partition coefficient (Wildman–Crippen LogP) is 3.57. The summed E-state index contributed by atoms with van der Waals surface area (Å²) in [5, 5.41) is 3.07. The number of carbonyl (C=O) groups is 1. The minimum absolute atomic E-state index is 0.0616. The zero-order chi connectivity index (χ0) is 15.8. The number of fused-ring (bicyclic) bond motifs is 2. The molecule has 1 N–H and O–H groups in total. The molecule has 3 nitrogen and oxygen atoms in total. The summed E-state index contributed by atoms with van der Waals surface area (Å²) in [4.78, 5) is 14.7. The van der Waals surface area contributed by atoms with Gasteiger partial charge in [0.05, 0.1) is 6.54 Å². The molecule has 0 aromatic heterocycles. The number of benzene rings is 2. The molecule has 2 aliphatic rings. The zero-order valence-corrected chi connectivity index (χ0v) is 13.5. The van der Waals surface area contributed by atoms with Crippen LogP contribution in [0.15, 0.2) is 42.5 Å². The molecule has 1 unspecified atom stereocenters. The molecular formula is C20H22N2O. The molecule has 0 fully saturated rings. The van der Waals surface area contributed by atoms with Crippen LogP contribution in [-0.4, -0.2) is 18.5 Å². The Morgan fingerprint density at radius 2 is 1.96 bits per heavy atom. The number of amides is 1. The van der Waals surface area contributed by atoms with E-state index < -0.39 is 0 Å². The van der Waals surface area contributed by atoms with E-state index in [4.69, 9.17) is 0 Å². The molecule has 0 bridgehead atoms. The summed E-state index contributed by atoms with van der Waals surface area (Å²) in [7, 11) is 0. The van der Waals surface area contributed by atoms with Gasteiger partial charge in [0.15, 0.2) is 0 Å². The summed E-state index contributed by atoms with van der Waals surface area (Å²) < 4.78 is 0. The number of hydrogen-bond acceptors (Lipinski definition) is 2. The molecule has 2 aromatic carbocycles. The van der Waals surface area contributed by atoms with Gasteiger partial charge in [-0.1, -0.05) is 24.3 Å². The van der Waals surface area contributed by atoms with Crippen LogP contribution >= 0.6 is 0 Å². The summed E-state index contributed by atoms with van der Waals surface area (Å²) >= 11 is 0. The van der Waals surface area contributed by atoms with Gasteiger partial charge < -0.3 is 10.2 Å². The van der Waals surface area contributed by atoms with Gasteiger partial charge in [0.2, 0.25) is 5.91 Å². The van der Waals surface area contributed by atoms with Crippen LogP contribution in [0.25, 0.3) is 0 Å². The summed E-state index contributed by atoms with van der Waals surface area (Å²) in [5.41, 5.74) is 6.29. The molecule has 2 aromatic rings. The Labute approximate surface area is 137 Å². The third-order valence-corrected chi connectivity index (χ3v) is 5.04. The van der Waals surface area contributed by atoms with E-state index in [1.807, 2.05) is 12.1 Å². The van der Waals surface area contributed by atoms with E-state index >= 15 is 0 Å². The van der Waals surface area contributed by atoms with Gasteiger partial charge in [0.1, 0.15) is 0 Å². The normalized spacial score (nSPS) is 18.7. The number of rotatable bonds is 3. The number of nitrogens with one attached hydrogen (secondary N) is 1. The van der Waals surface area contributed by atoms with Crippen molar-refractivity contribution >= 4 is 17.3 Å². The Kier molecular flexibility index (Phi) is 3.56. The van der Waals surface area contributed by atoms with Crippen LogP contribution in [0.1, 0.15) is 30.0 Å². The van der Waals surface area contributed by atoms with Gasteiger partial charge in [-0.25, -0.2) is 0 Å². The van der Waals surface area contributed by atoms with Crippen LogP contribution < -0.4 is 10.2 Å². The molecule has 1 heterocycles. The molecule has 1 amide bonds. The van der Waals surface area contributed by atoms with Crippen molar-refractivity contribution in [2.75, 3.05) is 16.8 Å². The number of carbonyl (C=O) groups excluding carboxylic acids is 1. The summed E-state index contributed by atoms with van der Waals surface area (Å²) in [6.07, 6.45) is 4.55. The van der Waals surface area contributed by atoms with Crippen molar-refractivity contribution in [3.05, 3.63) is 59.2 Å². The second-order valence-electron chi connectivity index (χ2n) is 6.69. The molecule has 118 valence electrons. The highest BCUT2D eigenvalue weighted by Gasteiger charge is 2.27. The van der Waals surface area contributed by atoms with Gasteiger partial charge in [-0.2, -0.15) is 0 Å². The summed E-state index contributed by atoms with van der Waals surface area (Å²) in [6.45, 7) is 2.60. The lowest BCUT2D eigenvalue weighted by molar-refractivity contribution is -0.115. The highest BCUT2D eigenvalue weighted by Crippen LogP contribution is 2.31. The van der Waals surface area contributed by atoms with Gasteiger partial charge in [0.25, 0.3) is 0 Å². The van der Waals surface area contributed by atoms with Crippen molar-refractivity contribution in [1.82, 2.24) is 0 Å². The van der Waals surface area contributed by atoms with E-state index in [2.05, 4.69) is 47.5 Å². The lowest BCUT2D eigenvalue weighted by Crippen LogP contribution is -2.37. The predicted molar refractivity (Wildman–Crippen MR) is 94.1 cm³/mol. The SMILES string of the molecule is CC1Cc2ccccc2N1CC(=O)Nc1ccc2c(c1)CCC2. The number of nitrogens with zero attached hydrogens (tertiary/aromatic N) is 1. The third-order valence-electron chi connectivity index (χ3n) is 5.04. The smallest absolute Gasteiger partial charge is 0.243 e. The van der Waals surface area contributed by atoms with E-state index in [1.165, 1.54) is 35.2 Å². The van der Waals surface area contributed by atoms with Crippen LogP contribution in [0.5, 0.6) is 0 Å². The van der Waals surface area contributed by atoms with E-state index in [9.17, 15) is 4.79 Å². The maximum Gasteiger partial charge on any atom is 0.243 e. The van der Waals surface area contributed by atoms with Gasteiger partial charge in [-0.3, -0.25) is 4.79 Å². The van der Waals surface area contributed by atoms with Crippen molar-refractivity contribution < 1.29 is 4.79 Å². The molecule has 1 aliphatic carbocycles.